The number of anilines is 1. The van der Waals surface area contributed by atoms with Crippen molar-refractivity contribution in [3.8, 4) is 0 Å². The zero-order chi connectivity index (χ0) is 11.3. The van der Waals surface area contributed by atoms with Crippen LogP contribution >= 0.6 is 0 Å². The van der Waals surface area contributed by atoms with Gasteiger partial charge in [0.05, 0.1) is 12.3 Å². The molecule has 1 aromatic rings. The molecule has 1 N–H and O–H groups in total. The van der Waals surface area contributed by atoms with Crippen molar-refractivity contribution in [1.29, 1.82) is 0 Å². The Morgan fingerprint density at radius 1 is 1.47 bits per heavy atom. The molecule has 0 aliphatic heterocycles. The summed E-state index contributed by atoms with van der Waals surface area (Å²) in [5.41, 5.74) is 1.62. The molecule has 0 aliphatic carbocycles. The van der Waals surface area contributed by atoms with Gasteiger partial charge < -0.3 is 10.1 Å². The third-order valence-corrected chi connectivity index (χ3v) is 2.21. The molecule has 0 spiro atoms. The molecule has 0 heterocycles. The van der Waals surface area contributed by atoms with Crippen molar-refractivity contribution in [3.05, 3.63) is 29.6 Å². The molecule has 0 saturated carbocycles. The van der Waals surface area contributed by atoms with Crippen LogP contribution in [-0.2, 0) is 4.74 Å². The van der Waals surface area contributed by atoms with E-state index < -0.39 is 0 Å². The van der Waals surface area contributed by atoms with Crippen molar-refractivity contribution < 1.29 is 9.13 Å². The molecule has 0 saturated heterocycles. The van der Waals surface area contributed by atoms with Crippen molar-refractivity contribution >= 4 is 5.69 Å². The summed E-state index contributed by atoms with van der Waals surface area (Å²) in [5, 5.41) is 3.08. The first-order valence-electron chi connectivity index (χ1n) is 5.12. The Labute approximate surface area is 90.4 Å². The average molecular weight is 211 g/mol. The van der Waals surface area contributed by atoms with Crippen LogP contribution in [-0.4, -0.2) is 20.3 Å². The maximum Gasteiger partial charge on any atom is 0.146 e. The third-order valence-electron chi connectivity index (χ3n) is 2.21. The van der Waals surface area contributed by atoms with Gasteiger partial charge in [-0.3, -0.25) is 0 Å². The number of halogens is 1. The fourth-order valence-electron chi connectivity index (χ4n) is 1.40. The van der Waals surface area contributed by atoms with Crippen LogP contribution in [0.5, 0.6) is 0 Å². The van der Waals surface area contributed by atoms with E-state index in [-0.39, 0.29) is 5.82 Å². The number of ether oxygens (including phenoxy) is 1. The molecule has 0 bridgehead atoms. The van der Waals surface area contributed by atoms with Crippen molar-refractivity contribution in [3.63, 3.8) is 0 Å². The normalized spacial score (nSPS) is 12.5. The van der Waals surface area contributed by atoms with E-state index in [9.17, 15) is 4.39 Å². The molecule has 0 radical (unpaired) electrons. The Morgan fingerprint density at radius 3 is 2.87 bits per heavy atom. The molecule has 1 unspecified atom stereocenters. The quantitative estimate of drug-likeness (QED) is 0.808. The van der Waals surface area contributed by atoms with Gasteiger partial charge in [0.15, 0.2) is 0 Å². The van der Waals surface area contributed by atoms with Crippen LogP contribution in [0.4, 0.5) is 10.1 Å². The highest BCUT2D eigenvalue weighted by Crippen LogP contribution is 2.15. The first-order chi connectivity index (χ1) is 7.13. The third kappa shape index (κ3) is 3.88. The monoisotopic (exact) mass is 211 g/mol. The highest BCUT2D eigenvalue weighted by molar-refractivity contribution is 5.46. The molecular formula is C12H18FNO. The molecule has 0 fully saturated rings. The van der Waals surface area contributed by atoms with E-state index in [1.165, 1.54) is 6.07 Å². The Bertz CT molecular complexity index is 314. The van der Waals surface area contributed by atoms with E-state index in [1.54, 1.807) is 13.2 Å². The molecule has 1 atom stereocenters. The SMILES string of the molecule is COCC(C)CNc1cc(C)ccc1F. The van der Waals surface area contributed by atoms with Gasteiger partial charge >= 0.3 is 0 Å². The number of rotatable bonds is 5. The van der Waals surface area contributed by atoms with E-state index >= 15 is 0 Å². The lowest BCUT2D eigenvalue weighted by molar-refractivity contribution is 0.164. The summed E-state index contributed by atoms with van der Waals surface area (Å²) in [6, 6.07) is 5.06. The Hall–Kier alpha value is -1.09. The van der Waals surface area contributed by atoms with Gasteiger partial charge in [0.2, 0.25) is 0 Å². The number of nitrogens with one attached hydrogen (secondary N) is 1. The molecule has 0 amide bonds. The van der Waals surface area contributed by atoms with Gasteiger partial charge in [-0.25, -0.2) is 4.39 Å². The summed E-state index contributed by atoms with van der Waals surface area (Å²) in [6.07, 6.45) is 0. The van der Waals surface area contributed by atoms with Crippen LogP contribution in [0.2, 0.25) is 0 Å². The second-order valence-electron chi connectivity index (χ2n) is 3.92. The summed E-state index contributed by atoms with van der Waals surface area (Å²) < 4.78 is 18.3. The first kappa shape index (κ1) is 12.0. The number of benzene rings is 1. The number of aryl methyl sites for hydroxylation is 1. The maximum absolute atomic E-state index is 13.3. The van der Waals surface area contributed by atoms with E-state index in [1.807, 2.05) is 13.0 Å². The second-order valence-corrected chi connectivity index (χ2v) is 3.92. The van der Waals surface area contributed by atoms with Crippen LogP contribution < -0.4 is 5.32 Å². The lowest BCUT2D eigenvalue weighted by atomic mass is 10.1. The van der Waals surface area contributed by atoms with Crippen molar-refractivity contribution in [1.82, 2.24) is 0 Å². The first-order valence-corrected chi connectivity index (χ1v) is 5.12. The minimum Gasteiger partial charge on any atom is -0.384 e. The molecule has 0 aromatic heterocycles. The molecular weight excluding hydrogens is 193 g/mol. The zero-order valence-corrected chi connectivity index (χ0v) is 9.51. The second kappa shape index (κ2) is 5.71. The molecule has 1 rings (SSSR count). The number of hydrogen-bond acceptors (Lipinski definition) is 2. The molecule has 0 aliphatic rings. The summed E-state index contributed by atoms with van der Waals surface area (Å²) in [6.45, 7) is 5.40. The number of hydrogen-bond donors (Lipinski definition) is 1. The van der Waals surface area contributed by atoms with Gasteiger partial charge in [-0.2, -0.15) is 0 Å². The van der Waals surface area contributed by atoms with Crippen molar-refractivity contribution in [2.75, 3.05) is 25.6 Å². The lowest BCUT2D eigenvalue weighted by Gasteiger charge is -2.13. The van der Waals surface area contributed by atoms with Crippen LogP contribution in [0.25, 0.3) is 0 Å². The Kier molecular flexibility index (Phi) is 4.56. The van der Waals surface area contributed by atoms with Crippen molar-refractivity contribution in [2.45, 2.75) is 13.8 Å². The van der Waals surface area contributed by atoms with Crippen LogP contribution in [0.3, 0.4) is 0 Å². The zero-order valence-electron chi connectivity index (χ0n) is 9.51. The van der Waals surface area contributed by atoms with Crippen LogP contribution in [0, 0.1) is 18.7 Å². The minimum absolute atomic E-state index is 0.204. The Balaban J connectivity index is 2.53. The molecule has 3 heteroatoms. The minimum atomic E-state index is -0.204. The molecule has 15 heavy (non-hydrogen) atoms. The van der Waals surface area contributed by atoms with Crippen molar-refractivity contribution in [2.24, 2.45) is 5.92 Å². The molecule has 1 aromatic carbocycles. The van der Waals surface area contributed by atoms with E-state index in [0.29, 0.717) is 24.8 Å². The van der Waals surface area contributed by atoms with E-state index in [4.69, 9.17) is 4.74 Å². The molecule has 84 valence electrons. The number of methoxy groups -OCH3 is 1. The fraction of sp³-hybridized carbons (Fsp3) is 0.500. The average Bonchev–Trinajstić information content (AvgIpc) is 2.20. The van der Waals surface area contributed by atoms with Gasteiger partial charge in [0.25, 0.3) is 0 Å². The smallest absolute Gasteiger partial charge is 0.146 e. The van der Waals surface area contributed by atoms with E-state index in [2.05, 4.69) is 12.2 Å². The van der Waals surface area contributed by atoms with Gasteiger partial charge in [-0.05, 0) is 30.5 Å². The van der Waals surface area contributed by atoms with Crippen LogP contribution in [0.15, 0.2) is 18.2 Å². The van der Waals surface area contributed by atoms with Gasteiger partial charge in [-0.1, -0.05) is 13.0 Å². The fourth-order valence-corrected chi connectivity index (χ4v) is 1.40. The van der Waals surface area contributed by atoms with Gasteiger partial charge in [-0.15, -0.1) is 0 Å². The topological polar surface area (TPSA) is 21.3 Å². The van der Waals surface area contributed by atoms with Gasteiger partial charge in [0, 0.05) is 13.7 Å². The standard InChI is InChI=1S/C12H18FNO/c1-9-4-5-11(13)12(6-9)14-7-10(2)8-15-3/h4-6,10,14H,7-8H2,1-3H3. The summed E-state index contributed by atoms with van der Waals surface area (Å²) in [7, 11) is 1.67. The predicted octanol–water partition coefficient (Wildman–Crippen LogP) is 2.83. The molecule has 2 nitrogen and oxygen atoms in total. The van der Waals surface area contributed by atoms with E-state index in [0.717, 1.165) is 5.56 Å². The highest BCUT2D eigenvalue weighted by Gasteiger charge is 2.04. The maximum atomic E-state index is 13.3. The van der Waals surface area contributed by atoms with Crippen LogP contribution in [0.1, 0.15) is 12.5 Å². The summed E-state index contributed by atoms with van der Waals surface area (Å²) >= 11 is 0. The lowest BCUT2D eigenvalue weighted by Crippen LogP contribution is -2.16. The summed E-state index contributed by atoms with van der Waals surface area (Å²) in [4.78, 5) is 0. The Morgan fingerprint density at radius 2 is 2.20 bits per heavy atom. The predicted molar refractivity (Wildman–Crippen MR) is 60.7 cm³/mol. The van der Waals surface area contributed by atoms with Gasteiger partial charge in [0.1, 0.15) is 5.82 Å². The summed E-state index contributed by atoms with van der Waals surface area (Å²) in [5.74, 6) is 0.167. The highest BCUT2D eigenvalue weighted by atomic mass is 19.1. The largest absolute Gasteiger partial charge is 0.384 e.